The summed E-state index contributed by atoms with van der Waals surface area (Å²) in [5, 5.41) is 0. The van der Waals surface area contributed by atoms with Gasteiger partial charge >= 0.3 is 5.97 Å². The van der Waals surface area contributed by atoms with Gasteiger partial charge in [0.05, 0.1) is 24.5 Å². The summed E-state index contributed by atoms with van der Waals surface area (Å²) in [5.41, 5.74) is 1.12. The molecule has 1 unspecified atom stereocenters. The monoisotopic (exact) mass is 288 g/mol. The Morgan fingerprint density at radius 2 is 2.05 bits per heavy atom. The van der Waals surface area contributed by atoms with Gasteiger partial charge in [0.25, 0.3) is 0 Å². The van der Waals surface area contributed by atoms with E-state index in [0.717, 1.165) is 0 Å². The molecule has 1 aromatic carbocycles. The molecule has 19 heavy (non-hydrogen) atoms. The summed E-state index contributed by atoms with van der Waals surface area (Å²) in [6, 6.07) is 3.96. The molecule has 0 aliphatic heterocycles. The zero-order valence-electron chi connectivity index (χ0n) is 11.1. The normalized spacial score (nSPS) is 13.1. The van der Waals surface area contributed by atoms with E-state index in [9.17, 15) is 17.6 Å². The summed E-state index contributed by atoms with van der Waals surface area (Å²) in [5.74, 6) is -2.16. The molecule has 6 heteroatoms. The number of ether oxygens (including phenoxy) is 1. The zero-order chi connectivity index (χ0) is 14.6. The summed E-state index contributed by atoms with van der Waals surface area (Å²) in [6.45, 7) is 3.15. The molecule has 1 rings (SSSR count). The topological polar surface area (TPSA) is 60.4 Å². The third-order valence-corrected chi connectivity index (χ3v) is 4.55. The molecule has 0 aliphatic rings. The smallest absolute Gasteiger partial charge is 0.309 e. The van der Waals surface area contributed by atoms with Gasteiger partial charge in [-0.2, -0.15) is 0 Å². The summed E-state index contributed by atoms with van der Waals surface area (Å²) in [7, 11) is -2.23. The Hall–Kier alpha value is -1.43. The minimum absolute atomic E-state index is 0.208. The second kappa shape index (κ2) is 6.14. The van der Waals surface area contributed by atoms with Crippen LogP contribution < -0.4 is 0 Å². The van der Waals surface area contributed by atoms with E-state index in [1.807, 2.05) is 0 Å². The molecule has 0 fully saturated rings. The van der Waals surface area contributed by atoms with Crippen molar-refractivity contribution in [2.24, 2.45) is 5.92 Å². The minimum Gasteiger partial charge on any atom is -0.469 e. The van der Waals surface area contributed by atoms with Gasteiger partial charge in [0.1, 0.15) is 5.82 Å². The van der Waals surface area contributed by atoms with E-state index in [-0.39, 0.29) is 11.5 Å². The molecule has 1 atom stereocenters. The van der Waals surface area contributed by atoms with E-state index in [1.54, 1.807) is 6.92 Å². The van der Waals surface area contributed by atoms with Crippen LogP contribution in [-0.4, -0.2) is 27.2 Å². The maximum absolute atomic E-state index is 12.9. The van der Waals surface area contributed by atoms with E-state index in [2.05, 4.69) is 4.74 Å². The van der Waals surface area contributed by atoms with Crippen LogP contribution >= 0.6 is 0 Å². The molecule has 0 saturated heterocycles. The Labute approximate surface area is 112 Å². The van der Waals surface area contributed by atoms with Gasteiger partial charge < -0.3 is 4.74 Å². The predicted octanol–water partition coefficient (Wildman–Crippen LogP) is 1.86. The molecule has 0 aliphatic carbocycles. The first-order valence-corrected chi connectivity index (χ1v) is 7.60. The number of carbonyl (C=O) groups excluding carboxylic acids is 1. The van der Waals surface area contributed by atoms with Gasteiger partial charge in [-0.3, -0.25) is 4.79 Å². The van der Waals surface area contributed by atoms with Gasteiger partial charge in [0.15, 0.2) is 9.84 Å². The number of hydrogen-bond acceptors (Lipinski definition) is 4. The van der Waals surface area contributed by atoms with Crippen LogP contribution in [0.25, 0.3) is 0 Å². The first-order valence-electron chi connectivity index (χ1n) is 5.78. The maximum atomic E-state index is 12.9. The molecule has 0 N–H and O–H groups in total. The Morgan fingerprint density at radius 3 is 2.58 bits per heavy atom. The van der Waals surface area contributed by atoms with Crippen LogP contribution in [0.5, 0.6) is 0 Å². The first-order chi connectivity index (χ1) is 8.75. The lowest BCUT2D eigenvalue weighted by Gasteiger charge is -2.11. The van der Waals surface area contributed by atoms with Crippen molar-refractivity contribution in [3.8, 4) is 0 Å². The fourth-order valence-corrected chi connectivity index (χ4v) is 3.58. The lowest BCUT2D eigenvalue weighted by Crippen LogP contribution is -2.23. The number of methoxy groups -OCH3 is 1. The number of esters is 1. The fraction of sp³-hybridized carbons (Fsp3) is 0.462. The van der Waals surface area contributed by atoms with Gasteiger partial charge in [-0.15, -0.1) is 0 Å². The van der Waals surface area contributed by atoms with Crippen molar-refractivity contribution in [3.63, 3.8) is 0 Å². The number of benzene rings is 1. The summed E-state index contributed by atoms with van der Waals surface area (Å²) in [4.78, 5) is 11.2. The number of rotatable bonds is 5. The highest BCUT2D eigenvalue weighted by molar-refractivity contribution is 7.90. The lowest BCUT2D eigenvalue weighted by molar-refractivity contribution is -0.144. The van der Waals surface area contributed by atoms with E-state index in [4.69, 9.17) is 0 Å². The van der Waals surface area contributed by atoms with Crippen molar-refractivity contribution in [3.05, 3.63) is 35.1 Å². The zero-order valence-corrected chi connectivity index (χ0v) is 12.0. The summed E-state index contributed by atoms with van der Waals surface area (Å²) in [6.07, 6.45) is 0. The van der Waals surface area contributed by atoms with E-state index >= 15 is 0 Å². The molecule has 4 nitrogen and oxygen atoms in total. The highest BCUT2D eigenvalue weighted by Gasteiger charge is 2.23. The standard InChI is InChI=1S/C13H17FO4S/c1-9-6-12(14)5-4-11(9)8-19(16,17)7-10(2)13(15)18-3/h4-6,10H,7-8H2,1-3H3. The molecule has 0 aromatic heterocycles. The second-order valence-electron chi connectivity index (χ2n) is 4.55. The van der Waals surface area contributed by atoms with Crippen LogP contribution in [0.1, 0.15) is 18.1 Å². The molecule has 1 aromatic rings. The average molecular weight is 288 g/mol. The highest BCUT2D eigenvalue weighted by Crippen LogP contribution is 2.15. The highest BCUT2D eigenvalue weighted by atomic mass is 32.2. The average Bonchev–Trinajstić information content (AvgIpc) is 2.31. The van der Waals surface area contributed by atoms with Crippen LogP contribution in [0.4, 0.5) is 4.39 Å². The third-order valence-electron chi connectivity index (χ3n) is 2.79. The molecule has 106 valence electrons. The number of sulfone groups is 1. The van der Waals surface area contributed by atoms with Gasteiger partial charge in [-0.1, -0.05) is 13.0 Å². The Bertz CT molecular complexity index is 566. The van der Waals surface area contributed by atoms with Crippen LogP contribution in [0, 0.1) is 18.7 Å². The van der Waals surface area contributed by atoms with Crippen molar-refractivity contribution in [1.82, 2.24) is 0 Å². The van der Waals surface area contributed by atoms with E-state index in [0.29, 0.717) is 11.1 Å². The SMILES string of the molecule is COC(=O)C(C)CS(=O)(=O)Cc1ccc(F)cc1C. The molecule has 0 amide bonds. The Morgan fingerprint density at radius 1 is 1.42 bits per heavy atom. The van der Waals surface area contributed by atoms with Crippen molar-refractivity contribution >= 4 is 15.8 Å². The van der Waals surface area contributed by atoms with Crippen molar-refractivity contribution in [2.75, 3.05) is 12.9 Å². The maximum Gasteiger partial charge on any atom is 0.309 e. The lowest BCUT2D eigenvalue weighted by atomic mass is 10.1. The van der Waals surface area contributed by atoms with Crippen LogP contribution in [0.3, 0.4) is 0 Å². The molecular formula is C13H17FO4S. The number of halogens is 1. The number of carbonyl (C=O) groups is 1. The van der Waals surface area contributed by atoms with E-state index in [1.165, 1.54) is 32.2 Å². The van der Waals surface area contributed by atoms with Crippen molar-refractivity contribution in [2.45, 2.75) is 19.6 Å². The minimum atomic E-state index is -3.45. The second-order valence-corrected chi connectivity index (χ2v) is 6.66. The molecule has 0 radical (unpaired) electrons. The molecule has 0 heterocycles. The van der Waals surface area contributed by atoms with Crippen molar-refractivity contribution < 1.29 is 22.3 Å². The molecule has 0 spiro atoms. The van der Waals surface area contributed by atoms with Gasteiger partial charge in [0, 0.05) is 0 Å². The molecule has 0 bridgehead atoms. The van der Waals surface area contributed by atoms with Crippen LogP contribution in [0.2, 0.25) is 0 Å². The molecule has 0 saturated carbocycles. The predicted molar refractivity (Wildman–Crippen MR) is 69.8 cm³/mol. The van der Waals surface area contributed by atoms with Crippen LogP contribution in [-0.2, 0) is 25.1 Å². The Kier molecular flexibility index (Phi) is 5.05. The quantitative estimate of drug-likeness (QED) is 0.776. The first kappa shape index (κ1) is 15.6. The number of aryl methyl sites for hydroxylation is 1. The van der Waals surface area contributed by atoms with Gasteiger partial charge in [-0.25, -0.2) is 12.8 Å². The van der Waals surface area contributed by atoms with Crippen LogP contribution in [0.15, 0.2) is 18.2 Å². The fourth-order valence-electron chi connectivity index (χ4n) is 1.77. The number of hydrogen-bond donors (Lipinski definition) is 0. The summed E-state index contributed by atoms with van der Waals surface area (Å²) >= 11 is 0. The van der Waals surface area contributed by atoms with Gasteiger partial charge in [0.2, 0.25) is 0 Å². The Balaban J connectivity index is 2.82. The van der Waals surface area contributed by atoms with Gasteiger partial charge in [-0.05, 0) is 30.2 Å². The molecular weight excluding hydrogens is 271 g/mol. The third kappa shape index (κ3) is 4.63. The van der Waals surface area contributed by atoms with E-state index < -0.39 is 27.5 Å². The largest absolute Gasteiger partial charge is 0.469 e. The summed E-state index contributed by atoms with van der Waals surface area (Å²) < 4.78 is 41.4. The van der Waals surface area contributed by atoms with Crippen molar-refractivity contribution in [1.29, 1.82) is 0 Å².